The Kier molecular flexibility index (Phi) is 7.85. The van der Waals surface area contributed by atoms with E-state index in [0.717, 1.165) is 10.5 Å². The Balaban J connectivity index is 2.57. The lowest BCUT2D eigenvalue weighted by Gasteiger charge is -2.07. The predicted octanol–water partition coefficient (Wildman–Crippen LogP) is 4.76. The van der Waals surface area contributed by atoms with E-state index in [4.69, 9.17) is 39.7 Å². The van der Waals surface area contributed by atoms with E-state index in [2.05, 4.69) is 5.09 Å². The number of hydrogen-bond acceptors (Lipinski definition) is 2. The van der Waals surface area contributed by atoms with Crippen LogP contribution in [-0.2, 0) is 10.3 Å². The van der Waals surface area contributed by atoms with Gasteiger partial charge in [0.15, 0.2) is 0 Å². The summed E-state index contributed by atoms with van der Waals surface area (Å²) in [5.41, 5.74) is 0.900. The van der Waals surface area contributed by atoms with Gasteiger partial charge in [0, 0.05) is 17.3 Å². The Morgan fingerprint density at radius 1 is 1.37 bits per heavy atom. The molecule has 2 N–H and O–H groups in total. The SMILES string of the molecule is CC(=CCN[PH](=O)O)SCc1cc(Cl)c(Cl)cc1Cl. The monoisotopic (exact) mass is 359 g/mol. The molecule has 0 radical (unpaired) electrons. The second kappa shape index (κ2) is 8.58. The minimum atomic E-state index is -2.62. The smallest absolute Gasteiger partial charge is 0.255 e. The first kappa shape index (κ1) is 17.4. The van der Waals surface area contributed by atoms with Crippen molar-refractivity contribution in [1.82, 2.24) is 5.09 Å². The summed E-state index contributed by atoms with van der Waals surface area (Å²) >= 11 is 19.4. The lowest BCUT2D eigenvalue weighted by molar-refractivity contribution is 0.492. The molecular weight excluding hydrogens is 348 g/mol. The van der Waals surface area contributed by atoms with E-state index < -0.39 is 8.18 Å². The molecule has 1 atom stereocenters. The molecular formula is C11H13Cl3NO2PS. The van der Waals surface area contributed by atoms with Crippen LogP contribution in [0.1, 0.15) is 12.5 Å². The minimum absolute atomic E-state index is 0.363. The highest BCUT2D eigenvalue weighted by Crippen LogP contribution is 2.32. The highest BCUT2D eigenvalue weighted by atomic mass is 35.5. The number of halogens is 3. The van der Waals surface area contributed by atoms with Crippen molar-refractivity contribution in [3.8, 4) is 0 Å². The maximum atomic E-state index is 10.5. The van der Waals surface area contributed by atoms with Crippen molar-refractivity contribution in [2.24, 2.45) is 0 Å². The van der Waals surface area contributed by atoms with Crippen LogP contribution in [0.4, 0.5) is 0 Å². The molecule has 0 spiro atoms. The molecule has 0 saturated carbocycles. The van der Waals surface area contributed by atoms with E-state index in [-0.39, 0.29) is 0 Å². The van der Waals surface area contributed by atoms with Crippen molar-refractivity contribution in [3.05, 3.63) is 43.7 Å². The van der Waals surface area contributed by atoms with Gasteiger partial charge in [0.2, 0.25) is 0 Å². The lowest BCUT2D eigenvalue weighted by atomic mass is 10.2. The molecule has 0 aromatic heterocycles. The molecule has 3 nitrogen and oxygen atoms in total. The molecule has 0 aliphatic carbocycles. The minimum Gasteiger partial charge on any atom is -0.335 e. The Bertz CT molecular complexity index is 511. The van der Waals surface area contributed by atoms with Gasteiger partial charge in [-0.1, -0.05) is 40.9 Å². The molecule has 0 heterocycles. The first-order valence-corrected chi connectivity index (χ1v) is 8.77. The predicted molar refractivity (Wildman–Crippen MR) is 85.7 cm³/mol. The third kappa shape index (κ3) is 6.54. The maximum absolute atomic E-state index is 10.5. The van der Waals surface area contributed by atoms with Crippen LogP contribution >= 0.6 is 54.7 Å². The Hall–Kier alpha value is 0.330. The number of benzene rings is 1. The molecule has 0 amide bonds. The van der Waals surface area contributed by atoms with E-state index in [0.29, 0.717) is 27.4 Å². The first-order valence-electron chi connectivity index (χ1n) is 5.30. The zero-order valence-electron chi connectivity index (χ0n) is 10.0. The molecule has 0 fully saturated rings. The summed E-state index contributed by atoms with van der Waals surface area (Å²) in [4.78, 5) is 9.65. The van der Waals surface area contributed by atoms with Crippen LogP contribution in [0.15, 0.2) is 23.1 Å². The van der Waals surface area contributed by atoms with E-state index in [9.17, 15) is 4.57 Å². The van der Waals surface area contributed by atoms with Gasteiger partial charge in [-0.05, 0) is 29.5 Å². The zero-order chi connectivity index (χ0) is 14.4. The molecule has 1 aromatic carbocycles. The van der Waals surface area contributed by atoms with Gasteiger partial charge in [0.05, 0.1) is 10.0 Å². The topological polar surface area (TPSA) is 49.3 Å². The van der Waals surface area contributed by atoms with Crippen LogP contribution < -0.4 is 5.09 Å². The highest BCUT2D eigenvalue weighted by molar-refractivity contribution is 8.02. The van der Waals surface area contributed by atoms with Crippen LogP contribution in [0.25, 0.3) is 0 Å². The molecule has 1 rings (SSSR count). The molecule has 0 saturated heterocycles. The fourth-order valence-electron chi connectivity index (χ4n) is 1.21. The third-order valence-electron chi connectivity index (χ3n) is 2.19. The van der Waals surface area contributed by atoms with Crippen molar-refractivity contribution < 1.29 is 9.46 Å². The Morgan fingerprint density at radius 2 is 2.00 bits per heavy atom. The molecule has 0 aliphatic rings. The lowest BCUT2D eigenvalue weighted by Crippen LogP contribution is -2.01. The Labute approximate surface area is 132 Å². The number of thioether (sulfide) groups is 1. The van der Waals surface area contributed by atoms with Gasteiger partial charge in [0.25, 0.3) is 8.18 Å². The van der Waals surface area contributed by atoms with Crippen LogP contribution in [0.3, 0.4) is 0 Å². The van der Waals surface area contributed by atoms with E-state index in [1.807, 2.05) is 13.0 Å². The summed E-state index contributed by atoms with van der Waals surface area (Å²) in [6.07, 6.45) is 1.84. The van der Waals surface area contributed by atoms with Gasteiger partial charge < -0.3 is 4.89 Å². The number of allylic oxidation sites excluding steroid dienone is 1. The van der Waals surface area contributed by atoms with E-state index >= 15 is 0 Å². The van der Waals surface area contributed by atoms with Crippen LogP contribution in [0, 0.1) is 0 Å². The molecule has 106 valence electrons. The number of rotatable bonds is 6. The Morgan fingerprint density at radius 3 is 2.63 bits per heavy atom. The second-order valence-electron chi connectivity index (χ2n) is 3.65. The van der Waals surface area contributed by atoms with Crippen LogP contribution in [0.5, 0.6) is 0 Å². The quantitative estimate of drug-likeness (QED) is 0.567. The molecule has 1 unspecified atom stereocenters. The van der Waals surface area contributed by atoms with E-state index in [1.165, 1.54) is 0 Å². The largest absolute Gasteiger partial charge is 0.335 e. The summed E-state index contributed by atoms with van der Waals surface area (Å²) in [6.45, 7) is 2.29. The molecule has 19 heavy (non-hydrogen) atoms. The normalized spacial score (nSPS) is 13.6. The van der Waals surface area contributed by atoms with Crippen LogP contribution in [-0.4, -0.2) is 11.4 Å². The van der Waals surface area contributed by atoms with Gasteiger partial charge in [-0.15, -0.1) is 11.8 Å². The first-order chi connectivity index (χ1) is 8.90. The van der Waals surface area contributed by atoms with Gasteiger partial charge in [-0.3, -0.25) is 4.57 Å². The van der Waals surface area contributed by atoms with Gasteiger partial charge in [0.1, 0.15) is 0 Å². The molecule has 8 heteroatoms. The maximum Gasteiger partial charge on any atom is 0.255 e. The standard InChI is InChI=1S/C11H13Cl3NO2PS/c1-7(2-3-15-18(16)17)19-6-8-4-10(13)11(14)5-9(8)12/h2,4-5,18H,3,6H2,1H3,(H2,15,16,17). The van der Waals surface area contributed by atoms with Crippen molar-refractivity contribution in [2.45, 2.75) is 12.7 Å². The van der Waals surface area contributed by atoms with E-state index in [1.54, 1.807) is 23.9 Å². The summed E-state index contributed by atoms with van der Waals surface area (Å²) < 4.78 is 10.5. The third-order valence-corrected chi connectivity index (χ3v) is 4.85. The second-order valence-corrected chi connectivity index (χ2v) is 7.05. The average molecular weight is 361 g/mol. The highest BCUT2D eigenvalue weighted by Gasteiger charge is 2.06. The molecule has 0 aliphatic heterocycles. The van der Waals surface area contributed by atoms with Crippen molar-refractivity contribution in [1.29, 1.82) is 0 Å². The summed E-state index contributed by atoms with van der Waals surface area (Å²) in [6, 6.07) is 3.37. The summed E-state index contributed by atoms with van der Waals surface area (Å²) in [5, 5.41) is 3.94. The zero-order valence-corrected chi connectivity index (χ0v) is 14.1. The summed E-state index contributed by atoms with van der Waals surface area (Å²) in [7, 11) is -2.62. The van der Waals surface area contributed by atoms with Gasteiger partial charge >= 0.3 is 0 Å². The fourth-order valence-corrected chi connectivity index (χ4v) is 3.02. The van der Waals surface area contributed by atoms with Crippen molar-refractivity contribution in [3.63, 3.8) is 0 Å². The molecule has 0 bridgehead atoms. The molecule has 1 aromatic rings. The number of hydrogen-bond donors (Lipinski definition) is 2. The van der Waals surface area contributed by atoms with Crippen LogP contribution in [0.2, 0.25) is 15.1 Å². The van der Waals surface area contributed by atoms with Crippen molar-refractivity contribution >= 4 is 54.7 Å². The van der Waals surface area contributed by atoms with Gasteiger partial charge in [-0.25, -0.2) is 5.09 Å². The van der Waals surface area contributed by atoms with Crippen molar-refractivity contribution in [2.75, 3.05) is 6.54 Å². The number of nitrogens with one attached hydrogen (secondary N) is 1. The summed E-state index contributed by atoms with van der Waals surface area (Å²) in [5.74, 6) is 0.659. The average Bonchev–Trinajstić information content (AvgIpc) is 2.31. The van der Waals surface area contributed by atoms with Gasteiger partial charge in [-0.2, -0.15) is 0 Å². The fraction of sp³-hybridized carbons (Fsp3) is 0.273.